The highest BCUT2D eigenvalue weighted by molar-refractivity contribution is 5.88. The topological polar surface area (TPSA) is 28.3 Å². The second-order valence-corrected chi connectivity index (χ2v) is 5.18. The lowest BCUT2D eigenvalue weighted by atomic mass is 10.0. The van der Waals surface area contributed by atoms with Crippen LogP contribution in [-0.4, -0.2) is 36.6 Å². The smallest absolute Gasteiger partial charge is 0.142 e. The van der Waals surface area contributed by atoms with Crippen LogP contribution in [0.3, 0.4) is 0 Å². The number of aromatic nitrogens is 1. The van der Waals surface area contributed by atoms with Gasteiger partial charge in [-0.15, -0.1) is 0 Å². The molecule has 1 aliphatic rings. The van der Waals surface area contributed by atoms with E-state index in [0.29, 0.717) is 6.04 Å². The first-order valence-corrected chi connectivity index (χ1v) is 6.63. The lowest BCUT2D eigenvalue weighted by Crippen LogP contribution is -2.26. The molecule has 1 N–H and O–H groups in total. The van der Waals surface area contributed by atoms with Crippen LogP contribution >= 0.6 is 0 Å². The van der Waals surface area contributed by atoms with Gasteiger partial charge in [0.15, 0.2) is 0 Å². The van der Waals surface area contributed by atoms with Gasteiger partial charge in [0.1, 0.15) is 5.75 Å². The van der Waals surface area contributed by atoms with Crippen LogP contribution in [0, 0.1) is 0 Å². The summed E-state index contributed by atoms with van der Waals surface area (Å²) in [5, 5.41) is 1.30. The second kappa shape index (κ2) is 4.65. The van der Waals surface area contributed by atoms with Crippen molar-refractivity contribution in [1.29, 1.82) is 0 Å². The van der Waals surface area contributed by atoms with Gasteiger partial charge >= 0.3 is 0 Å². The van der Waals surface area contributed by atoms with E-state index in [-0.39, 0.29) is 0 Å². The van der Waals surface area contributed by atoms with E-state index >= 15 is 0 Å². The number of hydrogen-bond acceptors (Lipinski definition) is 2. The number of benzene rings is 1. The zero-order valence-electron chi connectivity index (χ0n) is 11.1. The van der Waals surface area contributed by atoms with E-state index in [1.165, 1.54) is 30.3 Å². The van der Waals surface area contributed by atoms with E-state index in [0.717, 1.165) is 17.7 Å². The van der Waals surface area contributed by atoms with E-state index in [1.807, 2.05) is 6.07 Å². The molecule has 0 spiro atoms. The third-order valence-corrected chi connectivity index (χ3v) is 4.11. The van der Waals surface area contributed by atoms with Crippen molar-refractivity contribution >= 4 is 10.9 Å². The minimum Gasteiger partial charge on any atom is -0.495 e. The summed E-state index contributed by atoms with van der Waals surface area (Å²) in [5.74, 6) is 0.929. The van der Waals surface area contributed by atoms with Gasteiger partial charge in [-0.1, -0.05) is 12.1 Å². The Morgan fingerprint density at radius 3 is 3.06 bits per heavy atom. The summed E-state index contributed by atoms with van der Waals surface area (Å²) >= 11 is 0. The van der Waals surface area contributed by atoms with Crippen LogP contribution in [0.5, 0.6) is 5.75 Å². The molecule has 1 aromatic heterocycles. The summed E-state index contributed by atoms with van der Waals surface area (Å²) in [6.45, 7) is 1.23. The molecule has 1 saturated heterocycles. The number of H-pyrrole nitrogens is 1. The van der Waals surface area contributed by atoms with Crippen LogP contribution in [-0.2, 0) is 6.42 Å². The van der Waals surface area contributed by atoms with E-state index in [1.54, 1.807) is 7.11 Å². The molecule has 3 heteroatoms. The molecule has 96 valence electrons. The predicted molar refractivity (Wildman–Crippen MR) is 74.2 cm³/mol. The molecule has 1 fully saturated rings. The van der Waals surface area contributed by atoms with Crippen molar-refractivity contribution < 1.29 is 4.74 Å². The molecule has 3 nitrogen and oxygen atoms in total. The Labute approximate surface area is 108 Å². The molecule has 3 rings (SSSR count). The predicted octanol–water partition coefficient (Wildman–Crippen LogP) is 2.81. The average molecular weight is 244 g/mol. The number of likely N-dealkylation sites (tertiary alicyclic amines) is 1. The molecular weight excluding hydrogens is 224 g/mol. The summed E-state index contributed by atoms with van der Waals surface area (Å²) in [6, 6.07) is 6.94. The SMILES string of the molecule is COc1cccc2c(CC3CCCN3C)c[nH]c12. The van der Waals surface area contributed by atoms with E-state index in [4.69, 9.17) is 4.74 Å². The van der Waals surface area contributed by atoms with Crippen LogP contribution in [0.2, 0.25) is 0 Å². The normalized spacial score (nSPS) is 20.7. The number of fused-ring (bicyclic) bond motifs is 1. The number of para-hydroxylation sites is 1. The average Bonchev–Trinajstić information content (AvgIpc) is 2.97. The minimum atomic E-state index is 0.690. The number of rotatable bonds is 3. The van der Waals surface area contributed by atoms with Gasteiger partial charge in [-0.2, -0.15) is 0 Å². The van der Waals surface area contributed by atoms with Gasteiger partial charge in [0.25, 0.3) is 0 Å². The number of hydrogen-bond donors (Lipinski definition) is 1. The minimum absolute atomic E-state index is 0.690. The number of aromatic amines is 1. The molecule has 0 radical (unpaired) electrons. The van der Waals surface area contributed by atoms with Crippen LogP contribution in [0.25, 0.3) is 10.9 Å². The molecule has 0 aliphatic carbocycles. The Morgan fingerprint density at radius 1 is 1.44 bits per heavy atom. The molecule has 2 aromatic rings. The van der Waals surface area contributed by atoms with Crippen molar-refractivity contribution in [2.75, 3.05) is 20.7 Å². The van der Waals surface area contributed by atoms with Gasteiger partial charge in [-0.25, -0.2) is 0 Å². The molecule has 0 amide bonds. The largest absolute Gasteiger partial charge is 0.495 e. The first-order valence-electron chi connectivity index (χ1n) is 6.63. The highest BCUT2D eigenvalue weighted by Gasteiger charge is 2.22. The molecule has 1 aromatic carbocycles. The Balaban J connectivity index is 1.93. The molecule has 1 atom stereocenters. The Bertz CT molecular complexity index is 546. The van der Waals surface area contributed by atoms with Crippen LogP contribution in [0.15, 0.2) is 24.4 Å². The maximum absolute atomic E-state index is 5.39. The molecule has 2 heterocycles. The summed E-state index contributed by atoms with van der Waals surface area (Å²) in [4.78, 5) is 5.82. The van der Waals surface area contributed by atoms with Crippen molar-refractivity contribution in [3.05, 3.63) is 30.0 Å². The Hall–Kier alpha value is -1.48. The third-order valence-electron chi connectivity index (χ3n) is 4.11. The van der Waals surface area contributed by atoms with Crippen LogP contribution in [0.1, 0.15) is 18.4 Å². The van der Waals surface area contributed by atoms with E-state index in [9.17, 15) is 0 Å². The van der Waals surface area contributed by atoms with Gasteiger partial charge < -0.3 is 14.6 Å². The molecule has 18 heavy (non-hydrogen) atoms. The zero-order chi connectivity index (χ0) is 12.5. The van der Waals surface area contributed by atoms with Crippen molar-refractivity contribution in [2.24, 2.45) is 0 Å². The van der Waals surface area contributed by atoms with E-state index in [2.05, 4.69) is 35.3 Å². The monoisotopic (exact) mass is 244 g/mol. The highest BCUT2D eigenvalue weighted by atomic mass is 16.5. The second-order valence-electron chi connectivity index (χ2n) is 5.18. The van der Waals surface area contributed by atoms with Gasteiger partial charge in [-0.3, -0.25) is 0 Å². The quantitative estimate of drug-likeness (QED) is 0.899. The van der Waals surface area contributed by atoms with Crippen molar-refractivity contribution in [1.82, 2.24) is 9.88 Å². The van der Waals surface area contributed by atoms with Gasteiger partial charge in [0.2, 0.25) is 0 Å². The molecule has 1 unspecified atom stereocenters. The zero-order valence-corrected chi connectivity index (χ0v) is 11.1. The Kier molecular flexibility index (Phi) is 3.00. The standard InChI is InChI=1S/C15H20N2O/c1-17-8-4-5-12(17)9-11-10-16-15-13(11)6-3-7-14(15)18-2/h3,6-7,10,12,16H,4-5,8-9H2,1-2H3. The fraction of sp³-hybridized carbons (Fsp3) is 0.467. The summed E-state index contributed by atoms with van der Waals surface area (Å²) in [7, 11) is 3.95. The Morgan fingerprint density at radius 2 is 2.33 bits per heavy atom. The van der Waals surface area contributed by atoms with Crippen molar-refractivity contribution in [3.63, 3.8) is 0 Å². The summed E-state index contributed by atoms with van der Waals surface area (Å²) in [6.07, 6.45) is 5.91. The fourth-order valence-electron chi connectivity index (χ4n) is 3.01. The number of nitrogens with one attached hydrogen (secondary N) is 1. The first kappa shape index (κ1) is 11.6. The lowest BCUT2D eigenvalue weighted by Gasteiger charge is -2.18. The van der Waals surface area contributed by atoms with Crippen LogP contribution < -0.4 is 4.74 Å². The molecular formula is C15H20N2O. The number of methoxy groups -OCH3 is 1. The molecule has 0 saturated carbocycles. The van der Waals surface area contributed by atoms with E-state index < -0.39 is 0 Å². The third kappa shape index (κ3) is 1.89. The molecule has 0 bridgehead atoms. The first-order chi connectivity index (χ1) is 8.79. The fourth-order valence-corrected chi connectivity index (χ4v) is 3.01. The summed E-state index contributed by atoms with van der Waals surface area (Å²) in [5.41, 5.74) is 2.53. The molecule has 1 aliphatic heterocycles. The highest BCUT2D eigenvalue weighted by Crippen LogP contribution is 2.29. The van der Waals surface area contributed by atoms with Crippen molar-refractivity contribution in [2.45, 2.75) is 25.3 Å². The summed E-state index contributed by atoms with van der Waals surface area (Å²) < 4.78 is 5.39. The number of likely N-dealkylation sites (N-methyl/N-ethyl adjacent to an activating group) is 1. The van der Waals surface area contributed by atoms with Gasteiger partial charge in [0, 0.05) is 17.6 Å². The maximum atomic E-state index is 5.39. The van der Waals surface area contributed by atoms with Crippen LogP contribution in [0.4, 0.5) is 0 Å². The lowest BCUT2D eigenvalue weighted by molar-refractivity contribution is 0.310. The maximum Gasteiger partial charge on any atom is 0.142 e. The van der Waals surface area contributed by atoms with Crippen molar-refractivity contribution in [3.8, 4) is 5.75 Å². The van der Waals surface area contributed by atoms with Gasteiger partial charge in [-0.05, 0) is 44.5 Å². The number of ether oxygens (including phenoxy) is 1. The number of nitrogens with zero attached hydrogens (tertiary/aromatic N) is 1. The van der Waals surface area contributed by atoms with Gasteiger partial charge in [0.05, 0.1) is 12.6 Å².